The van der Waals surface area contributed by atoms with Gasteiger partial charge in [-0.25, -0.2) is 0 Å². The molecule has 0 fully saturated rings. The molecule has 1 aromatic rings. The Morgan fingerprint density at radius 3 is 2.81 bits per heavy atom. The summed E-state index contributed by atoms with van der Waals surface area (Å²) >= 11 is 3.21. The molecule has 0 aliphatic carbocycles. The second kappa shape index (κ2) is 3.80. The summed E-state index contributed by atoms with van der Waals surface area (Å²) in [5, 5.41) is 0. The molecular formula is C9H8BrF3N2O. The van der Waals surface area contributed by atoms with Crippen LogP contribution in [-0.2, 0) is 17.8 Å². The highest BCUT2D eigenvalue weighted by molar-refractivity contribution is 9.10. The van der Waals surface area contributed by atoms with Gasteiger partial charge in [-0.3, -0.25) is 4.79 Å². The first-order chi connectivity index (χ1) is 7.38. The number of fused-ring (bicyclic) bond motifs is 1. The van der Waals surface area contributed by atoms with Gasteiger partial charge in [0.1, 0.15) is 0 Å². The van der Waals surface area contributed by atoms with Crippen molar-refractivity contribution in [2.24, 2.45) is 0 Å². The Labute approximate surface area is 97.7 Å². The largest absolute Gasteiger partial charge is 0.471 e. The normalized spacial score (nSPS) is 16.1. The maximum absolute atomic E-state index is 12.2. The summed E-state index contributed by atoms with van der Waals surface area (Å²) in [4.78, 5) is 14.8. The molecule has 1 aliphatic rings. The number of hydrogen-bond donors (Lipinski definition) is 1. The van der Waals surface area contributed by atoms with E-state index in [1.54, 1.807) is 6.07 Å². The molecule has 0 bridgehead atoms. The number of hydrogen-bond acceptors (Lipinski definition) is 1. The molecule has 3 nitrogen and oxygen atoms in total. The third-order valence-corrected chi connectivity index (χ3v) is 2.91. The van der Waals surface area contributed by atoms with E-state index in [4.69, 9.17) is 0 Å². The predicted molar refractivity (Wildman–Crippen MR) is 53.7 cm³/mol. The highest BCUT2D eigenvalue weighted by atomic mass is 79.9. The van der Waals surface area contributed by atoms with Crippen molar-refractivity contribution in [1.82, 2.24) is 9.88 Å². The van der Waals surface area contributed by atoms with Crippen molar-refractivity contribution in [3.63, 3.8) is 0 Å². The fourth-order valence-corrected chi connectivity index (χ4v) is 2.26. The van der Waals surface area contributed by atoms with Crippen LogP contribution in [0.2, 0.25) is 0 Å². The number of alkyl halides is 3. The molecule has 0 radical (unpaired) electrons. The molecular weight excluding hydrogens is 289 g/mol. The van der Waals surface area contributed by atoms with Gasteiger partial charge in [0, 0.05) is 25.2 Å². The van der Waals surface area contributed by atoms with E-state index in [9.17, 15) is 18.0 Å². The zero-order chi connectivity index (χ0) is 11.9. The van der Waals surface area contributed by atoms with Crippen molar-refractivity contribution in [1.29, 1.82) is 0 Å². The molecule has 0 aromatic carbocycles. The van der Waals surface area contributed by atoms with E-state index >= 15 is 0 Å². The fraction of sp³-hybridized carbons (Fsp3) is 0.444. The molecule has 0 saturated heterocycles. The summed E-state index contributed by atoms with van der Waals surface area (Å²) in [6, 6.07) is 1.70. The summed E-state index contributed by atoms with van der Waals surface area (Å²) in [6.45, 7) is 0.105. The summed E-state index contributed by atoms with van der Waals surface area (Å²) in [6.07, 6.45) is -4.37. The minimum Gasteiger partial charge on any atom is -0.353 e. The number of H-pyrrole nitrogens is 1. The Morgan fingerprint density at radius 2 is 2.19 bits per heavy atom. The van der Waals surface area contributed by atoms with Gasteiger partial charge in [0.15, 0.2) is 0 Å². The summed E-state index contributed by atoms with van der Waals surface area (Å²) < 4.78 is 37.3. The van der Waals surface area contributed by atoms with Crippen LogP contribution in [0.5, 0.6) is 0 Å². The number of carbonyl (C=O) groups excluding carboxylic acids is 1. The number of aromatic amines is 1. The number of aromatic nitrogens is 1. The first kappa shape index (κ1) is 11.5. The molecule has 2 heterocycles. The first-order valence-corrected chi connectivity index (χ1v) is 5.39. The van der Waals surface area contributed by atoms with E-state index in [1.807, 2.05) is 0 Å². The lowest BCUT2D eigenvalue weighted by Crippen LogP contribution is -2.43. The minimum absolute atomic E-state index is 0.00970. The van der Waals surface area contributed by atoms with E-state index in [2.05, 4.69) is 20.9 Å². The highest BCUT2D eigenvalue weighted by Crippen LogP contribution is 2.26. The topological polar surface area (TPSA) is 36.1 Å². The zero-order valence-electron chi connectivity index (χ0n) is 8.07. The maximum atomic E-state index is 12.2. The average molecular weight is 297 g/mol. The number of carbonyl (C=O) groups is 1. The van der Waals surface area contributed by atoms with Crippen molar-refractivity contribution in [3.8, 4) is 0 Å². The van der Waals surface area contributed by atoms with Crippen molar-refractivity contribution >= 4 is 21.8 Å². The molecule has 88 valence electrons. The molecule has 2 rings (SSSR count). The van der Waals surface area contributed by atoms with Gasteiger partial charge in [0.25, 0.3) is 0 Å². The predicted octanol–water partition coefficient (Wildman–Crippen LogP) is 2.22. The van der Waals surface area contributed by atoms with Crippen molar-refractivity contribution < 1.29 is 18.0 Å². The quantitative estimate of drug-likeness (QED) is 0.783. The lowest BCUT2D eigenvalue weighted by Gasteiger charge is -2.27. The summed E-state index contributed by atoms with van der Waals surface area (Å²) in [5.41, 5.74) is 1.62. The molecule has 0 spiro atoms. The van der Waals surface area contributed by atoms with Crippen LogP contribution < -0.4 is 0 Å². The number of amides is 1. The van der Waals surface area contributed by atoms with Crippen molar-refractivity contribution in [3.05, 3.63) is 21.9 Å². The highest BCUT2D eigenvalue weighted by Gasteiger charge is 2.43. The lowest BCUT2D eigenvalue weighted by atomic mass is 10.1. The van der Waals surface area contributed by atoms with Crippen LogP contribution in [0, 0.1) is 0 Å². The van der Waals surface area contributed by atoms with Gasteiger partial charge >= 0.3 is 12.1 Å². The van der Waals surface area contributed by atoms with E-state index in [0.29, 0.717) is 6.42 Å². The van der Waals surface area contributed by atoms with Crippen LogP contribution in [0.1, 0.15) is 11.3 Å². The number of halogens is 4. The summed E-state index contributed by atoms with van der Waals surface area (Å²) in [5.74, 6) is -1.77. The first-order valence-electron chi connectivity index (χ1n) is 4.60. The van der Waals surface area contributed by atoms with E-state index in [0.717, 1.165) is 20.8 Å². The van der Waals surface area contributed by atoms with Crippen molar-refractivity contribution in [2.45, 2.75) is 19.1 Å². The van der Waals surface area contributed by atoms with Gasteiger partial charge in [-0.2, -0.15) is 13.2 Å². The van der Waals surface area contributed by atoms with E-state index in [1.165, 1.54) is 0 Å². The van der Waals surface area contributed by atoms with Crippen LogP contribution >= 0.6 is 15.9 Å². The Bertz CT molecular complexity index is 427. The Morgan fingerprint density at radius 1 is 1.50 bits per heavy atom. The number of nitrogens with one attached hydrogen (secondary N) is 1. The van der Waals surface area contributed by atoms with Gasteiger partial charge in [0.2, 0.25) is 0 Å². The smallest absolute Gasteiger partial charge is 0.353 e. The minimum atomic E-state index is -4.79. The molecule has 0 unspecified atom stereocenters. The van der Waals surface area contributed by atoms with Gasteiger partial charge in [-0.15, -0.1) is 0 Å². The third-order valence-electron chi connectivity index (χ3n) is 2.48. The van der Waals surface area contributed by atoms with Gasteiger partial charge in [-0.05, 0) is 27.6 Å². The molecule has 16 heavy (non-hydrogen) atoms. The van der Waals surface area contributed by atoms with Gasteiger partial charge in [-0.1, -0.05) is 0 Å². The van der Waals surface area contributed by atoms with Crippen LogP contribution in [-0.4, -0.2) is 28.5 Å². The lowest BCUT2D eigenvalue weighted by molar-refractivity contribution is -0.186. The summed E-state index contributed by atoms with van der Waals surface area (Å²) in [7, 11) is 0. The third kappa shape index (κ3) is 2.09. The SMILES string of the molecule is O=C(N1CCc2[nH]c(Br)cc2C1)C(F)(F)F. The van der Waals surface area contributed by atoms with Crippen LogP contribution in [0.15, 0.2) is 10.7 Å². The Balaban J connectivity index is 2.17. The maximum Gasteiger partial charge on any atom is 0.471 e. The zero-order valence-corrected chi connectivity index (χ0v) is 9.65. The monoisotopic (exact) mass is 296 g/mol. The fourth-order valence-electron chi connectivity index (χ4n) is 1.75. The van der Waals surface area contributed by atoms with E-state index < -0.39 is 12.1 Å². The van der Waals surface area contributed by atoms with Crippen molar-refractivity contribution in [2.75, 3.05) is 6.54 Å². The second-order valence-corrected chi connectivity index (χ2v) is 4.45. The van der Waals surface area contributed by atoms with Gasteiger partial charge in [0.05, 0.1) is 4.60 Å². The molecule has 0 atom stereocenters. The Kier molecular flexibility index (Phi) is 2.73. The molecule has 1 N–H and O–H groups in total. The van der Waals surface area contributed by atoms with Crippen LogP contribution in [0.4, 0.5) is 13.2 Å². The molecule has 0 saturated carbocycles. The van der Waals surface area contributed by atoms with Crippen LogP contribution in [0.3, 0.4) is 0 Å². The molecule has 1 aliphatic heterocycles. The van der Waals surface area contributed by atoms with Crippen LogP contribution in [0.25, 0.3) is 0 Å². The molecule has 7 heteroatoms. The van der Waals surface area contributed by atoms with Gasteiger partial charge < -0.3 is 9.88 Å². The number of nitrogens with zero attached hydrogens (tertiary/aromatic N) is 1. The standard InChI is InChI=1S/C9H8BrF3N2O/c10-7-3-5-4-15(2-1-6(5)14-7)8(16)9(11,12)13/h3,14H,1-2,4H2. The second-order valence-electron chi connectivity index (χ2n) is 3.60. The number of rotatable bonds is 0. The molecule has 1 amide bonds. The van der Waals surface area contributed by atoms with E-state index in [-0.39, 0.29) is 13.1 Å². The average Bonchev–Trinajstić information content (AvgIpc) is 2.54. The Hall–Kier alpha value is -0.980. The molecule has 1 aromatic heterocycles.